The van der Waals surface area contributed by atoms with Crippen LogP contribution in [0, 0.1) is 5.92 Å². The monoisotopic (exact) mass is 100 g/mol. The Kier molecular flexibility index (Phi) is 1.20. The van der Waals surface area contributed by atoms with Crippen LogP contribution in [0.2, 0.25) is 0 Å². The first kappa shape index (κ1) is 4.25. The molecule has 0 radical (unpaired) electrons. The van der Waals surface area contributed by atoms with Gasteiger partial charge in [-0.3, -0.25) is 0 Å². The second-order valence-electron chi connectivity index (χ2n) is 1.68. The first-order valence-corrected chi connectivity index (χ1v) is 2.76. The van der Waals surface area contributed by atoms with Gasteiger partial charge in [0.1, 0.15) is 0 Å². The fourth-order valence-electron chi connectivity index (χ4n) is 0.410. The number of hydrogen-bond acceptors (Lipinski definition) is 1. The highest BCUT2D eigenvalue weighted by molar-refractivity contribution is 7.83. The van der Waals surface area contributed by atoms with Gasteiger partial charge in [-0.2, -0.15) is 12.6 Å². The van der Waals surface area contributed by atoms with Crippen LogP contribution in [-0.4, -0.2) is 0 Å². The van der Waals surface area contributed by atoms with Crippen molar-refractivity contribution in [2.75, 3.05) is 0 Å². The molecule has 0 atom stereocenters. The van der Waals surface area contributed by atoms with Crippen molar-refractivity contribution in [3.8, 4) is 0 Å². The van der Waals surface area contributed by atoms with Crippen LogP contribution in [0.1, 0.15) is 12.8 Å². The molecule has 0 N–H and O–H groups in total. The van der Waals surface area contributed by atoms with E-state index in [0.717, 1.165) is 5.92 Å². The van der Waals surface area contributed by atoms with E-state index >= 15 is 0 Å². The Labute approximate surface area is 43.7 Å². The first-order chi connectivity index (χ1) is 2.93. The van der Waals surface area contributed by atoms with E-state index in [1.807, 2.05) is 5.41 Å². The van der Waals surface area contributed by atoms with Crippen LogP contribution in [0.5, 0.6) is 0 Å². The molecule has 0 spiro atoms. The predicted octanol–water partition coefficient (Wildman–Crippen LogP) is 1.84. The van der Waals surface area contributed by atoms with Gasteiger partial charge in [-0.15, -0.1) is 0 Å². The lowest BCUT2D eigenvalue weighted by Gasteiger charge is -1.68. The second kappa shape index (κ2) is 1.69. The summed E-state index contributed by atoms with van der Waals surface area (Å²) in [5, 5.41) is 1.83. The molecule has 0 saturated heterocycles. The van der Waals surface area contributed by atoms with Crippen LogP contribution >= 0.6 is 12.6 Å². The maximum absolute atomic E-state index is 3.92. The highest BCUT2D eigenvalue weighted by Crippen LogP contribution is 2.29. The summed E-state index contributed by atoms with van der Waals surface area (Å²) in [5.41, 5.74) is 0. The van der Waals surface area contributed by atoms with Crippen LogP contribution in [0.3, 0.4) is 0 Å². The summed E-state index contributed by atoms with van der Waals surface area (Å²) in [6, 6.07) is 0. The highest BCUT2D eigenvalue weighted by Gasteiger charge is 2.16. The Morgan fingerprint density at radius 1 is 1.50 bits per heavy atom. The Balaban J connectivity index is 2.15. The van der Waals surface area contributed by atoms with Gasteiger partial charge in [0.2, 0.25) is 0 Å². The minimum absolute atomic E-state index is 0.891. The van der Waals surface area contributed by atoms with E-state index in [9.17, 15) is 0 Å². The van der Waals surface area contributed by atoms with Crippen LogP contribution in [0.4, 0.5) is 0 Å². The third-order valence-corrected chi connectivity index (χ3v) is 1.15. The Morgan fingerprint density at radius 3 is 2.33 bits per heavy atom. The average Bonchev–Trinajstić information content (AvgIpc) is 2.21. The molecule has 0 heterocycles. The maximum Gasteiger partial charge on any atom is -0.0225 e. The summed E-state index contributed by atoms with van der Waals surface area (Å²) < 4.78 is 0. The summed E-state index contributed by atoms with van der Waals surface area (Å²) in [4.78, 5) is 0. The molecule has 0 aromatic carbocycles. The molecular weight excluding hydrogens is 92.1 g/mol. The highest BCUT2D eigenvalue weighted by atomic mass is 32.1. The summed E-state index contributed by atoms with van der Waals surface area (Å²) in [5.74, 6) is 0.891. The lowest BCUT2D eigenvalue weighted by atomic mass is 10.4. The van der Waals surface area contributed by atoms with Gasteiger partial charge in [-0.25, -0.2) is 0 Å². The van der Waals surface area contributed by atoms with E-state index in [2.05, 4.69) is 18.7 Å². The molecule has 6 heavy (non-hydrogen) atoms. The molecule has 0 nitrogen and oxygen atoms in total. The standard InChI is InChI=1S/C5H8S/c6-4-3-5-1-2-5/h3-6H,1-2H2/b4-3+. The summed E-state index contributed by atoms with van der Waals surface area (Å²) in [6.07, 6.45) is 4.91. The lowest BCUT2D eigenvalue weighted by Crippen LogP contribution is -1.53. The molecule has 1 fully saturated rings. The van der Waals surface area contributed by atoms with Crippen molar-refractivity contribution in [1.82, 2.24) is 0 Å². The van der Waals surface area contributed by atoms with Crippen molar-refractivity contribution >= 4 is 12.6 Å². The topological polar surface area (TPSA) is 0 Å². The fraction of sp³-hybridized carbons (Fsp3) is 0.600. The molecule has 1 aliphatic rings. The van der Waals surface area contributed by atoms with Gasteiger partial charge in [-0.1, -0.05) is 6.08 Å². The van der Waals surface area contributed by atoms with E-state index in [1.54, 1.807) is 0 Å². The van der Waals surface area contributed by atoms with Crippen molar-refractivity contribution in [3.05, 3.63) is 11.5 Å². The SMILES string of the molecule is S/C=C/C1CC1. The molecule has 1 aliphatic carbocycles. The Bertz CT molecular complexity index is 62.3. The van der Waals surface area contributed by atoms with Crippen molar-refractivity contribution in [2.45, 2.75) is 12.8 Å². The Morgan fingerprint density at radius 2 is 2.17 bits per heavy atom. The van der Waals surface area contributed by atoms with Crippen LogP contribution in [-0.2, 0) is 0 Å². The van der Waals surface area contributed by atoms with Gasteiger partial charge >= 0.3 is 0 Å². The van der Waals surface area contributed by atoms with Gasteiger partial charge in [0, 0.05) is 0 Å². The lowest BCUT2D eigenvalue weighted by molar-refractivity contribution is 1.13. The summed E-state index contributed by atoms with van der Waals surface area (Å²) in [7, 11) is 0. The molecule has 1 saturated carbocycles. The molecule has 0 aliphatic heterocycles. The average molecular weight is 100 g/mol. The maximum atomic E-state index is 3.92. The van der Waals surface area contributed by atoms with Gasteiger partial charge in [0.15, 0.2) is 0 Å². The van der Waals surface area contributed by atoms with E-state index in [1.165, 1.54) is 12.8 Å². The smallest absolute Gasteiger partial charge is 0.0225 e. The third-order valence-electron chi connectivity index (χ3n) is 0.980. The van der Waals surface area contributed by atoms with Gasteiger partial charge in [0.25, 0.3) is 0 Å². The van der Waals surface area contributed by atoms with Crippen molar-refractivity contribution in [3.63, 3.8) is 0 Å². The van der Waals surface area contributed by atoms with Gasteiger partial charge in [-0.05, 0) is 24.2 Å². The largest absolute Gasteiger partial charge is 0.152 e. The minimum Gasteiger partial charge on any atom is -0.152 e. The van der Waals surface area contributed by atoms with Crippen LogP contribution < -0.4 is 0 Å². The first-order valence-electron chi connectivity index (χ1n) is 2.24. The predicted molar refractivity (Wildman–Crippen MR) is 30.8 cm³/mol. The fourth-order valence-corrected chi connectivity index (χ4v) is 0.654. The zero-order valence-electron chi connectivity index (χ0n) is 3.59. The zero-order chi connectivity index (χ0) is 4.41. The summed E-state index contributed by atoms with van der Waals surface area (Å²) >= 11 is 3.92. The van der Waals surface area contributed by atoms with Crippen molar-refractivity contribution in [1.29, 1.82) is 0 Å². The number of hydrogen-bond donors (Lipinski definition) is 1. The van der Waals surface area contributed by atoms with E-state index in [-0.39, 0.29) is 0 Å². The number of thiol groups is 1. The molecule has 0 aromatic rings. The molecule has 1 heteroatoms. The molecule has 0 unspecified atom stereocenters. The molecule has 0 aromatic heterocycles. The molecule has 0 amide bonds. The van der Waals surface area contributed by atoms with Crippen molar-refractivity contribution in [2.24, 2.45) is 5.92 Å². The van der Waals surface area contributed by atoms with E-state index in [4.69, 9.17) is 0 Å². The normalized spacial score (nSPS) is 22.8. The molecule has 0 bridgehead atoms. The van der Waals surface area contributed by atoms with Crippen molar-refractivity contribution < 1.29 is 0 Å². The number of rotatable bonds is 1. The van der Waals surface area contributed by atoms with Gasteiger partial charge < -0.3 is 0 Å². The molecular formula is C5H8S. The molecule has 34 valence electrons. The van der Waals surface area contributed by atoms with E-state index in [0.29, 0.717) is 0 Å². The van der Waals surface area contributed by atoms with Crippen LogP contribution in [0.25, 0.3) is 0 Å². The quantitative estimate of drug-likeness (QED) is 0.477. The Hall–Kier alpha value is 0.0900. The third kappa shape index (κ3) is 1.05. The number of allylic oxidation sites excluding steroid dienone is 1. The van der Waals surface area contributed by atoms with E-state index < -0.39 is 0 Å². The van der Waals surface area contributed by atoms with Crippen LogP contribution in [0.15, 0.2) is 11.5 Å². The summed E-state index contributed by atoms with van der Waals surface area (Å²) in [6.45, 7) is 0. The second-order valence-corrected chi connectivity index (χ2v) is 1.98. The molecule has 1 rings (SSSR count). The minimum atomic E-state index is 0.891. The van der Waals surface area contributed by atoms with Gasteiger partial charge in [0.05, 0.1) is 0 Å². The zero-order valence-corrected chi connectivity index (χ0v) is 4.49.